The topological polar surface area (TPSA) is 83.9 Å². The summed E-state index contributed by atoms with van der Waals surface area (Å²) >= 11 is 0. The van der Waals surface area contributed by atoms with Gasteiger partial charge >= 0.3 is 5.97 Å². The van der Waals surface area contributed by atoms with Gasteiger partial charge in [0.25, 0.3) is 10.0 Å². The largest absolute Gasteiger partial charge is 0.495 e. The van der Waals surface area contributed by atoms with Crippen molar-refractivity contribution in [1.82, 2.24) is 0 Å². The molecule has 2 aromatic carbocycles. The fraction of sp³-hybridized carbons (Fsp3) is 0.118. The third-order valence-corrected chi connectivity index (χ3v) is 5.09. The molecule has 0 fully saturated rings. The molecule has 0 saturated heterocycles. The van der Waals surface area contributed by atoms with Gasteiger partial charge in [0.1, 0.15) is 5.75 Å². The highest BCUT2D eigenvalue weighted by atomic mass is 32.2. The highest BCUT2D eigenvalue weighted by Crippen LogP contribution is 2.32. The van der Waals surface area contributed by atoms with Gasteiger partial charge in [-0.3, -0.25) is 4.31 Å². The molecule has 0 heterocycles. The summed E-state index contributed by atoms with van der Waals surface area (Å²) < 4.78 is 32.3. The van der Waals surface area contributed by atoms with Crippen LogP contribution in [0.15, 0.2) is 66.1 Å². The van der Waals surface area contributed by atoms with Gasteiger partial charge in [-0.05, 0) is 30.3 Å². The molecule has 0 amide bonds. The quantitative estimate of drug-likeness (QED) is 0.779. The van der Waals surface area contributed by atoms with E-state index < -0.39 is 16.0 Å². The Balaban J connectivity index is 2.59. The molecule has 0 atom stereocenters. The molecule has 0 bridgehead atoms. The number of benzene rings is 2. The van der Waals surface area contributed by atoms with E-state index in [1.165, 1.54) is 31.4 Å². The molecule has 0 aliphatic carbocycles. The third kappa shape index (κ3) is 3.41. The summed E-state index contributed by atoms with van der Waals surface area (Å²) in [4.78, 5) is 11.0. The number of sulfonamides is 1. The number of para-hydroxylation sites is 2. The van der Waals surface area contributed by atoms with Gasteiger partial charge in [-0.25, -0.2) is 13.2 Å². The summed E-state index contributed by atoms with van der Waals surface area (Å²) in [6, 6.07) is 11.9. The molecule has 0 aromatic heterocycles. The van der Waals surface area contributed by atoms with Crippen LogP contribution >= 0.6 is 0 Å². The number of methoxy groups -OCH3 is 1. The highest BCUT2D eigenvalue weighted by molar-refractivity contribution is 7.92. The van der Waals surface area contributed by atoms with E-state index in [4.69, 9.17) is 9.84 Å². The van der Waals surface area contributed by atoms with Crippen molar-refractivity contribution in [3.05, 3.63) is 66.7 Å². The maximum Gasteiger partial charge on any atom is 0.335 e. The lowest BCUT2D eigenvalue weighted by Gasteiger charge is -2.25. The summed E-state index contributed by atoms with van der Waals surface area (Å²) in [5.74, 6) is -0.808. The van der Waals surface area contributed by atoms with E-state index in [9.17, 15) is 13.2 Å². The number of carbonyl (C=O) groups is 1. The zero-order valence-corrected chi connectivity index (χ0v) is 13.9. The van der Waals surface area contributed by atoms with Gasteiger partial charge < -0.3 is 9.84 Å². The average Bonchev–Trinajstić information content (AvgIpc) is 2.59. The van der Waals surface area contributed by atoms with E-state index in [0.717, 1.165) is 10.4 Å². The van der Waals surface area contributed by atoms with Crippen LogP contribution in [0.1, 0.15) is 10.4 Å². The number of hydrogen-bond donors (Lipinski definition) is 1. The zero-order chi connectivity index (χ0) is 17.7. The van der Waals surface area contributed by atoms with Gasteiger partial charge in [-0.2, -0.15) is 0 Å². The first-order valence-corrected chi connectivity index (χ1v) is 8.46. The lowest BCUT2D eigenvalue weighted by Crippen LogP contribution is -2.31. The van der Waals surface area contributed by atoms with Gasteiger partial charge in [0.2, 0.25) is 0 Å². The van der Waals surface area contributed by atoms with Crippen LogP contribution in [-0.2, 0) is 10.0 Å². The van der Waals surface area contributed by atoms with Gasteiger partial charge in [0, 0.05) is 0 Å². The van der Waals surface area contributed by atoms with E-state index >= 15 is 0 Å². The van der Waals surface area contributed by atoms with Gasteiger partial charge in [0.15, 0.2) is 0 Å². The average molecular weight is 347 g/mol. The molecule has 24 heavy (non-hydrogen) atoms. The maximum atomic E-state index is 13.0. The Morgan fingerprint density at radius 3 is 2.58 bits per heavy atom. The van der Waals surface area contributed by atoms with Crippen LogP contribution in [-0.4, -0.2) is 33.1 Å². The second-order valence-electron chi connectivity index (χ2n) is 4.83. The second kappa shape index (κ2) is 7.18. The molecule has 0 unspecified atom stereocenters. The minimum atomic E-state index is -3.99. The van der Waals surface area contributed by atoms with Crippen molar-refractivity contribution >= 4 is 21.7 Å². The first-order chi connectivity index (χ1) is 11.4. The molecular weight excluding hydrogens is 330 g/mol. The van der Waals surface area contributed by atoms with Crippen LogP contribution < -0.4 is 9.04 Å². The Labute approximate surface area is 140 Å². The summed E-state index contributed by atoms with van der Waals surface area (Å²) in [6.45, 7) is 3.61. The van der Waals surface area contributed by atoms with Crippen LogP contribution in [0.5, 0.6) is 5.75 Å². The molecule has 0 aliphatic heterocycles. The number of carboxylic acid groups (broad SMARTS) is 1. The third-order valence-electron chi connectivity index (χ3n) is 3.32. The molecule has 1 N–H and O–H groups in total. The van der Waals surface area contributed by atoms with Gasteiger partial charge in [0.05, 0.1) is 29.8 Å². The lowest BCUT2D eigenvalue weighted by atomic mass is 10.2. The van der Waals surface area contributed by atoms with Gasteiger partial charge in [-0.1, -0.05) is 24.3 Å². The molecule has 2 aromatic rings. The summed E-state index contributed by atoms with van der Waals surface area (Å²) in [5, 5.41) is 9.07. The Bertz CT molecular complexity index is 861. The van der Waals surface area contributed by atoms with Crippen molar-refractivity contribution < 1.29 is 23.1 Å². The van der Waals surface area contributed by atoms with Crippen LogP contribution in [0, 0.1) is 0 Å². The molecule has 0 radical (unpaired) electrons. The van der Waals surface area contributed by atoms with Crippen molar-refractivity contribution in [2.45, 2.75) is 4.90 Å². The molecule has 7 heteroatoms. The first kappa shape index (κ1) is 17.6. The van der Waals surface area contributed by atoms with Crippen LogP contribution in [0.3, 0.4) is 0 Å². The van der Waals surface area contributed by atoms with Crippen LogP contribution in [0.4, 0.5) is 5.69 Å². The Morgan fingerprint density at radius 2 is 1.96 bits per heavy atom. The van der Waals surface area contributed by atoms with Gasteiger partial charge in [-0.15, -0.1) is 6.58 Å². The van der Waals surface area contributed by atoms with Crippen molar-refractivity contribution in [2.75, 3.05) is 18.0 Å². The van der Waals surface area contributed by atoms with E-state index in [0.29, 0.717) is 11.4 Å². The number of hydrogen-bond acceptors (Lipinski definition) is 4. The van der Waals surface area contributed by atoms with E-state index in [1.807, 2.05) is 0 Å². The number of anilines is 1. The molecule has 126 valence electrons. The maximum absolute atomic E-state index is 13.0. The summed E-state index contributed by atoms with van der Waals surface area (Å²) in [6.07, 6.45) is 1.45. The SMILES string of the molecule is C=CCN(c1ccccc1OC)S(=O)(=O)c1cccc(C(=O)O)c1. The Hall–Kier alpha value is -2.80. The fourth-order valence-corrected chi connectivity index (χ4v) is 3.69. The van der Waals surface area contributed by atoms with Crippen LogP contribution in [0.25, 0.3) is 0 Å². The van der Waals surface area contributed by atoms with Crippen molar-refractivity contribution in [3.63, 3.8) is 0 Å². The highest BCUT2D eigenvalue weighted by Gasteiger charge is 2.27. The summed E-state index contributed by atoms with van der Waals surface area (Å²) in [7, 11) is -2.54. The zero-order valence-electron chi connectivity index (χ0n) is 13.0. The van der Waals surface area contributed by atoms with Crippen LogP contribution in [0.2, 0.25) is 0 Å². The van der Waals surface area contributed by atoms with Crippen molar-refractivity contribution in [3.8, 4) is 5.75 Å². The number of rotatable bonds is 7. The van der Waals surface area contributed by atoms with E-state index in [-0.39, 0.29) is 17.0 Å². The molecule has 0 spiro atoms. The lowest BCUT2D eigenvalue weighted by molar-refractivity contribution is 0.0696. The number of nitrogens with zero attached hydrogens (tertiary/aromatic N) is 1. The molecule has 0 saturated carbocycles. The van der Waals surface area contributed by atoms with Crippen molar-refractivity contribution in [1.29, 1.82) is 0 Å². The van der Waals surface area contributed by atoms with E-state index in [2.05, 4.69) is 6.58 Å². The molecule has 6 nitrogen and oxygen atoms in total. The first-order valence-electron chi connectivity index (χ1n) is 7.02. The standard InChI is InChI=1S/C17H17NO5S/c1-3-11-18(15-9-4-5-10-16(15)23-2)24(21,22)14-8-6-7-13(12-14)17(19)20/h3-10,12H,1,11H2,2H3,(H,19,20). The monoisotopic (exact) mass is 347 g/mol. The predicted molar refractivity (Wildman–Crippen MR) is 91.1 cm³/mol. The Kier molecular flexibility index (Phi) is 5.25. The number of ether oxygens (including phenoxy) is 1. The normalized spacial score (nSPS) is 10.9. The predicted octanol–water partition coefficient (Wildman–Crippen LogP) is 2.77. The number of carboxylic acids is 1. The number of aromatic carboxylic acids is 1. The fourth-order valence-electron chi connectivity index (χ4n) is 2.20. The molecular formula is C17H17NO5S. The molecule has 0 aliphatic rings. The summed E-state index contributed by atoms with van der Waals surface area (Å²) in [5.41, 5.74) is 0.246. The minimum absolute atomic E-state index is 0.0139. The van der Waals surface area contributed by atoms with E-state index in [1.54, 1.807) is 24.3 Å². The van der Waals surface area contributed by atoms with Crippen molar-refractivity contribution in [2.24, 2.45) is 0 Å². The minimum Gasteiger partial charge on any atom is -0.495 e. The second-order valence-corrected chi connectivity index (χ2v) is 6.69. The molecule has 2 rings (SSSR count). The smallest absolute Gasteiger partial charge is 0.335 e. The Morgan fingerprint density at radius 1 is 1.25 bits per heavy atom.